The van der Waals surface area contributed by atoms with Gasteiger partial charge < -0.3 is 19.7 Å². The number of ether oxygens (including phenoxy) is 2. The molecule has 0 saturated carbocycles. The fourth-order valence-corrected chi connectivity index (χ4v) is 3.41. The van der Waals surface area contributed by atoms with Gasteiger partial charge in [0.15, 0.2) is 17.2 Å². The van der Waals surface area contributed by atoms with Crippen molar-refractivity contribution in [1.29, 1.82) is 5.26 Å². The summed E-state index contributed by atoms with van der Waals surface area (Å²) in [4.78, 5) is 14.4. The van der Waals surface area contributed by atoms with Crippen molar-refractivity contribution in [3.8, 4) is 17.6 Å². The smallest absolute Gasteiger partial charge is 0.318 e. The zero-order valence-electron chi connectivity index (χ0n) is 14.4. The van der Waals surface area contributed by atoms with Gasteiger partial charge in [-0.05, 0) is 18.6 Å². The molecule has 0 bridgehead atoms. The Kier molecular flexibility index (Phi) is 4.13. The molecule has 0 fully saturated rings. The van der Waals surface area contributed by atoms with E-state index < -0.39 is 0 Å². The second-order valence-electron chi connectivity index (χ2n) is 6.39. The number of nitrogens with zero attached hydrogens (tertiary/aromatic N) is 4. The van der Waals surface area contributed by atoms with Crippen molar-refractivity contribution in [1.82, 2.24) is 20.0 Å². The fourth-order valence-electron chi connectivity index (χ4n) is 3.41. The maximum atomic E-state index is 12.6. The number of amides is 2. The van der Waals surface area contributed by atoms with Crippen LogP contribution in [0.3, 0.4) is 0 Å². The fraction of sp³-hybridized carbons (Fsp3) is 0.389. The third-order valence-electron chi connectivity index (χ3n) is 4.70. The highest BCUT2D eigenvalue weighted by molar-refractivity contribution is 5.74. The van der Waals surface area contributed by atoms with Crippen molar-refractivity contribution in [3.63, 3.8) is 0 Å². The molecule has 0 spiro atoms. The van der Waals surface area contributed by atoms with E-state index in [0.29, 0.717) is 44.1 Å². The van der Waals surface area contributed by atoms with Crippen molar-refractivity contribution in [2.45, 2.75) is 25.6 Å². The van der Waals surface area contributed by atoms with Crippen molar-refractivity contribution in [2.24, 2.45) is 0 Å². The Hall–Kier alpha value is -3.21. The maximum absolute atomic E-state index is 12.6. The number of para-hydroxylation sites is 1. The number of aromatic nitrogens is 2. The van der Waals surface area contributed by atoms with Gasteiger partial charge in [0.1, 0.15) is 12.7 Å². The zero-order valence-corrected chi connectivity index (χ0v) is 14.4. The van der Waals surface area contributed by atoms with Crippen molar-refractivity contribution >= 4 is 6.03 Å². The molecule has 1 atom stereocenters. The van der Waals surface area contributed by atoms with Crippen LogP contribution in [0.1, 0.15) is 17.0 Å². The summed E-state index contributed by atoms with van der Waals surface area (Å²) >= 11 is 0. The molecule has 8 heteroatoms. The van der Waals surface area contributed by atoms with Crippen LogP contribution >= 0.6 is 0 Å². The third-order valence-corrected chi connectivity index (χ3v) is 4.70. The predicted molar refractivity (Wildman–Crippen MR) is 91.9 cm³/mol. The van der Waals surface area contributed by atoms with E-state index in [1.165, 1.54) is 0 Å². The van der Waals surface area contributed by atoms with Gasteiger partial charge in [0.25, 0.3) is 0 Å². The van der Waals surface area contributed by atoms with E-state index in [4.69, 9.17) is 14.7 Å². The number of hydrogen-bond donors (Lipinski definition) is 1. The van der Waals surface area contributed by atoms with Crippen LogP contribution in [-0.2, 0) is 19.5 Å². The maximum Gasteiger partial charge on any atom is 0.318 e. The number of benzene rings is 1. The molecule has 1 aromatic heterocycles. The standard InChI is InChI=1S/C18H19N5O3/c1-25-16-4-2-3-12-7-14(11-26-17(12)16)20-18(24)22-5-6-23-15(10-22)8-13(9-19)21-23/h2-4,8,14H,5-7,10-11H2,1H3,(H,20,24). The first-order valence-electron chi connectivity index (χ1n) is 8.49. The number of rotatable bonds is 2. The van der Waals surface area contributed by atoms with Gasteiger partial charge in [-0.1, -0.05) is 12.1 Å². The van der Waals surface area contributed by atoms with E-state index in [1.54, 1.807) is 22.8 Å². The summed E-state index contributed by atoms with van der Waals surface area (Å²) in [6, 6.07) is 9.31. The molecular weight excluding hydrogens is 334 g/mol. The molecule has 0 radical (unpaired) electrons. The van der Waals surface area contributed by atoms with Gasteiger partial charge in [-0.25, -0.2) is 4.79 Å². The lowest BCUT2D eigenvalue weighted by Gasteiger charge is -2.32. The van der Waals surface area contributed by atoms with Crippen LogP contribution in [0.5, 0.6) is 11.5 Å². The summed E-state index contributed by atoms with van der Waals surface area (Å²) in [5, 5.41) is 16.2. The number of urea groups is 1. The summed E-state index contributed by atoms with van der Waals surface area (Å²) < 4.78 is 12.9. The predicted octanol–water partition coefficient (Wildman–Crippen LogP) is 1.29. The van der Waals surface area contributed by atoms with Crippen LogP contribution < -0.4 is 14.8 Å². The van der Waals surface area contributed by atoms with Crippen molar-refractivity contribution < 1.29 is 14.3 Å². The normalized spacial score (nSPS) is 18.2. The minimum atomic E-state index is -0.129. The third kappa shape index (κ3) is 2.92. The Labute approximate surface area is 150 Å². The Morgan fingerprint density at radius 1 is 1.46 bits per heavy atom. The number of carbonyl (C=O) groups is 1. The minimum Gasteiger partial charge on any atom is -0.493 e. The number of hydrogen-bond acceptors (Lipinski definition) is 5. The Morgan fingerprint density at radius 2 is 2.35 bits per heavy atom. The quantitative estimate of drug-likeness (QED) is 0.878. The van der Waals surface area contributed by atoms with Crippen LogP contribution in [0.4, 0.5) is 4.79 Å². The highest BCUT2D eigenvalue weighted by Crippen LogP contribution is 2.34. The lowest BCUT2D eigenvalue weighted by atomic mass is 10.0. The number of carbonyl (C=O) groups excluding carboxylic acids is 1. The molecule has 2 aromatic rings. The minimum absolute atomic E-state index is 0.0939. The van der Waals surface area contributed by atoms with Gasteiger partial charge in [0.05, 0.1) is 31.9 Å². The van der Waals surface area contributed by atoms with Gasteiger partial charge in [0.2, 0.25) is 0 Å². The lowest BCUT2D eigenvalue weighted by Crippen LogP contribution is -2.50. The van der Waals surface area contributed by atoms with Gasteiger partial charge in [-0.2, -0.15) is 10.4 Å². The lowest BCUT2D eigenvalue weighted by molar-refractivity contribution is 0.166. The molecule has 1 N–H and O–H groups in total. The van der Waals surface area contributed by atoms with Gasteiger partial charge in [-0.15, -0.1) is 0 Å². The molecule has 2 amide bonds. The van der Waals surface area contributed by atoms with E-state index >= 15 is 0 Å². The van der Waals surface area contributed by atoms with E-state index in [0.717, 1.165) is 17.0 Å². The largest absolute Gasteiger partial charge is 0.493 e. The highest BCUT2D eigenvalue weighted by Gasteiger charge is 2.27. The van der Waals surface area contributed by atoms with E-state index in [9.17, 15) is 4.79 Å². The van der Waals surface area contributed by atoms with E-state index in [1.807, 2.05) is 24.3 Å². The molecule has 2 aliphatic rings. The molecule has 3 heterocycles. The molecule has 1 unspecified atom stereocenters. The van der Waals surface area contributed by atoms with Crippen LogP contribution in [0, 0.1) is 11.3 Å². The van der Waals surface area contributed by atoms with Crippen LogP contribution in [0.25, 0.3) is 0 Å². The summed E-state index contributed by atoms with van der Waals surface area (Å²) in [5.74, 6) is 1.47. The van der Waals surface area contributed by atoms with Crippen molar-refractivity contribution in [3.05, 3.63) is 41.2 Å². The Bertz CT molecular complexity index is 885. The first-order valence-corrected chi connectivity index (χ1v) is 8.49. The molecule has 4 rings (SSSR count). The number of nitriles is 1. The molecule has 0 saturated heterocycles. The number of methoxy groups -OCH3 is 1. The molecule has 1 aromatic carbocycles. The van der Waals surface area contributed by atoms with Crippen LogP contribution in [0.2, 0.25) is 0 Å². The molecule has 8 nitrogen and oxygen atoms in total. The van der Waals surface area contributed by atoms with Gasteiger partial charge in [-0.3, -0.25) is 4.68 Å². The Balaban J connectivity index is 1.40. The Morgan fingerprint density at radius 3 is 3.15 bits per heavy atom. The monoisotopic (exact) mass is 353 g/mol. The van der Waals surface area contributed by atoms with Gasteiger partial charge in [0, 0.05) is 12.1 Å². The van der Waals surface area contributed by atoms with Gasteiger partial charge >= 0.3 is 6.03 Å². The zero-order chi connectivity index (χ0) is 18.1. The molecule has 2 aliphatic heterocycles. The summed E-state index contributed by atoms with van der Waals surface area (Å²) in [6.45, 7) is 2.00. The summed E-state index contributed by atoms with van der Waals surface area (Å²) in [5.41, 5.74) is 2.28. The second-order valence-corrected chi connectivity index (χ2v) is 6.39. The van der Waals surface area contributed by atoms with Crippen molar-refractivity contribution in [2.75, 3.05) is 20.3 Å². The molecule has 26 heavy (non-hydrogen) atoms. The molecule has 0 aliphatic carbocycles. The molecule has 134 valence electrons. The average molecular weight is 353 g/mol. The first-order chi connectivity index (χ1) is 12.7. The number of nitrogens with one attached hydrogen (secondary N) is 1. The van der Waals surface area contributed by atoms with Crippen LogP contribution in [0.15, 0.2) is 24.3 Å². The molecular formula is C18H19N5O3. The second kappa shape index (κ2) is 6.59. The average Bonchev–Trinajstić information content (AvgIpc) is 3.09. The summed E-state index contributed by atoms with van der Waals surface area (Å²) in [6.07, 6.45) is 0.697. The van der Waals surface area contributed by atoms with E-state index in [2.05, 4.69) is 10.4 Å². The van der Waals surface area contributed by atoms with E-state index in [-0.39, 0.29) is 12.1 Å². The highest BCUT2D eigenvalue weighted by atomic mass is 16.5. The topological polar surface area (TPSA) is 92.4 Å². The number of fused-ring (bicyclic) bond motifs is 2. The first kappa shape index (κ1) is 16.3. The SMILES string of the molecule is COc1cccc2c1OCC(NC(=O)N1CCn3nc(C#N)cc3C1)C2. The summed E-state index contributed by atoms with van der Waals surface area (Å²) in [7, 11) is 1.62. The van der Waals surface area contributed by atoms with Crippen LogP contribution in [-0.4, -0.2) is 47.0 Å².